The zero-order valence-electron chi connectivity index (χ0n) is 17.1. The van der Waals surface area contributed by atoms with Gasteiger partial charge in [-0.25, -0.2) is 4.79 Å². The van der Waals surface area contributed by atoms with Gasteiger partial charge in [0.05, 0.1) is 6.04 Å². The van der Waals surface area contributed by atoms with Crippen LogP contribution >= 0.6 is 0 Å². The van der Waals surface area contributed by atoms with Crippen LogP contribution in [0.15, 0.2) is 24.3 Å². The van der Waals surface area contributed by atoms with Gasteiger partial charge in [-0.05, 0) is 51.4 Å². The van der Waals surface area contributed by atoms with E-state index in [1.807, 2.05) is 27.8 Å². The first kappa shape index (κ1) is 21.5. The Bertz CT molecular complexity index is 533. The van der Waals surface area contributed by atoms with E-state index in [1.54, 1.807) is 4.90 Å². The number of hydrogen-bond donors (Lipinski definition) is 0. The zero-order chi connectivity index (χ0) is 19.0. The Hall–Kier alpha value is -1.55. The molecule has 0 heterocycles. The highest BCUT2D eigenvalue weighted by Gasteiger charge is 2.26. The van der Waals surface area contributed by atoms with Crippen LogP contribution in [0.2, 0.25) is 0 Å². The Morgan fingerprint density at radius 2 is 1.80 bits per heavy atom. The summed E-state index contributed by atoms with van der Waals surface area (Å²) < 4.78 is 5.56. The molecule has 1 aromatic carbocycles. The Labute approximate surface area is 154 Å². The maximum Gasteiger partial charge on any atom is 0.410 e. The molecule has 0 N–H and O–H groups in total. The Balaban J connectivity index is 2.99. The smallest absolute Gasteiger partial charge is 0.410 e. The number of carbonyl (C=O) groups excluding carboxylic acids is 1. The van der Waals surface area contributed by atoms with Gasteiger partial charge in [-0.15, -0.1) is 0 Å². The topological polar surface area (TPSA) is 32.8 Å². The van der Waals surface area contributed by atoms with Crippen molar-refractivity contribution >= 4 is 6.09 Å². The monoisotopic (exact) mass is 348 g/mol. The van der Waals surface area contributed by atoms with Crippen molar-refractivity contribution < 1.29 is 9.53 Å². The summed E-state index contributed by atoms with van der Waals surface area (Å²) in [7, 11) is 1.84. The number of amides is 1. The van der Waals surface area contributed by atoms with E-state index in [4.69, 9.17) is 4.74 Å². The van der Waals surface area contributed by atoms with E-state index >= 15 is 0 Å². The lowest BCUT2D eigenvalue weighted by atomic mass is 9.99. The van der Waals surface area contributed by atoms with Gasteiger partial charge in [-0.2, -0.15) is 0 Å². The molecule has 0 aliphatic rings. The first-order valence-corrected chi connectivity index (χ1v) is 9.48. The van der Waals surface area contributed by atoms with Crippen molar-refractivity contribution in [3.05, 3.63) is 35.4 Å². The number of benzene rings is 1. The molecule has 1 rings (SSSR count). The summed E-state index contributed by atoms with van der Waals surface area (Å²) in [6, 6.07) is 8.65. The fourth-order valence-electron chi connectivity index (χ4n) is 2.92. The van der Waals surface area contributed by atoms with Crippen molar-refractivity contribution in [1.82, 2.24) is 9.80 Å². The maximum absolute atomic E-state index is 12.5. The van der Waals surface area contributed by atoms with Crippen molar-refractivity contribution in [2.75, 3.05) is 20.1 Å². The summed E-state index contributed by atoms with van der Waals surface area (Å²) >= 11 is 0. The largest absolute Gasteiger partial charge is 0.444 e. The molecule has 1 atom stereocenters. The van der Waals surface area contributed by atoms with E-state index in [0.29, 0.717) is 0 Å². The molecule has 0 bridgehead atoms. The fourth-order valence-corrected chi connectivity index (χ4v) is 2.92. The van der Waals surface area contributed by atoms with Crippen LogP contribution in [0, 0.1) is 0 Å². The third-order valence-electron chi connectivity index (χ3n) is 4.35. The Kier molecular flexibility index (Phi) is 8.43. The molecule has 142 valence electrons. The quantitative estimate of drug-likeness (QED) is 0.644. The second-order valence-electron chi connectivity index (χ2n) is 7.60. The Morgan fingerprint density at radius 3 is 2.32 bits per heavy atom. The summed E-state index contributed by atoms with van der Waals surface area (Å²) in [6.45, 7) is 15.2. The lowest BCUT2D eigenvalue weighted by molar-refractivity contribution is 0.0211. The zero-order valence-corrected chi connectivity index (χ0v) is 17.1. The van der Waals surface area contributed by atoms with Crippen LogP contribution in [-0.2, 0) is 11.3 Å². The van der Waals surface area contributed by atoms with Gasteiger partial charge in [-0.3, -0.25) is 4.90 Å². The number of ether oxygens (including phenoxy) is 1. The molecule has 4 nitrogen and oxygen atoms in total. The van der Waals surface area contributed by atoms with E-state index in [2.05, 4.69) is 49.9 Å². The molecule has 1 unspecified atom stereocenters. The Morgan fingerprint density at radius 1 is 1.16 bits per heavy atom. The van der Waals surface area contributed by atoms with Crippen molar-refractivity contribution in [2.45, 2.75) is 72.6 Å². The van der Waals surface area contributed by atoms with Crippen molar-refractivity contribution in [3.63, 3.8) is 0 Å². The van der Waals surface area contributed by atoms with Gasteiger partial charge in [-0.1, -0.05) is 51.5 Å². The third-order valence-corrected chi connectivity index (χ3v) is 4.35. The maximum atomic E-state index is 12.5. The number of hydrogen-bond acceptors (Lipinski definition) is 3. The molecule has 4 heteroatoms. The van der Waals surface area contributed by atoms with Crippen LogP contribution in [-0.4, -0.2) is 41.6 Å². The average molecular weight is 349 g/mol. The molecular formula is C21H36N2O2. The van der Waals surface area contributed by atoms with Crippen LogP contribution < -0.4 is 0 Å². The summed E-state index contributed by atoms with van der Waals surface area (Å²) in [5.41, 5.74) is 1.99. The van der Waals surface area contributed by atoms with Gasteiger partial charge in [0.1, 0.15) is 5.60 Å². The fraction of sp³-hybridized carbons (Fsp3) is 0.667. The minimum Gasteiger partial charge on any atom is -0.444 e. The van der Waals surface area contributed by atoms with Crippen LogP contribution in [0.5, 0.6) is 0 Å². The number of rotatable bonds is 8. The lowest BCUT2D eigenvalue weighted by Crippen LogP contribution is -2.36. The number of carbonyl (C=O) groups is 1. The molecule has 25 heavy (non-hydrogen) atoms. The van der Waals surface area contributed by atoms with Gasteiger partial charge in [0.2, 0.25) is 0 Å². The predicted octanol–water partition coefficient (Wildman–Crippen LogP) is 5.24. The third kappa shape index (κ3) is 7.07. The molecule has 0 saturated heterocycles. The van der Waals surface area contributed by atoms with Gasteiger partial charge in [0.25, 0.3) is 0 Å². The highest BCUT2D eigenvalue weighted by Crippen LogP contribution is 2.27. The molecule has 0 aliphatic carbocycles. The van der Waals surface area contributed by atoms with E-state index in [0.717, 1.165) is 32.5 Å². The highest BCUT2D eigenvalue weighted by molar-refractivity contribution is 5.68. The van der Waals surface area contributed by atoms with Crippen LogP contribution in [0.3, 0.4) is 0 Å². The second-order valence-corrected chi connectivity index (χ2v) is 7.60. The molecular weight excluding hydrogens is 312 g/mol. The minimum absolute atomic E-state index is 0.0384. The standard InChI is InChI=1S/C21H36N2O2/c1-8-12-19(22(7)20(24)25-21(4,5)6)18-14-11-13-17(15-18)16-23(9-2)10-3/h11,13-15,19H,8-10,12,16H2,1-7H3. The number of nitrogens with zero attached hydrogens (tertiary/aromatic N) is 2. The molecule has 0 aromatic heterocycles. The van der Waals surface area contributed by atoms with E-state index in [9.17, 15) is 4.79 Å². The van der Waals surface area contributed by atoms with Crippen molar-refractivity contribution in [2.24, 2.45) is 0 Å². The molecule has 1 aromatic rings. The van der Waals surface area contributed by atoms with Crippen molar-refractivity contribution in [1.29, 1.82) is 0 Å². The van der Waals surface area contributed by atoms with Crippen molar-refractivity contribution in [3.8, 4) is 0 Å². The molecule has 0 saturated carbocycles. The molecule has 0 spiro atoms. The van der Waals surface area contributed by atoms with Crippen LogP contribution in [0.4, 0.5) is 4.79 Å². The summed E-state index contributed by atoms with van der Waals surface area (Å²) in [5, 5.41) is 0. The molecule has 0 aliphatic heterocycles. The summed E-state index contributed by atoms with van der Waals surface area (Å²) in [6.07, 6.45) is 1.67. The SMILES string of the molecule is CCCC(c1cccc(CN(CC)CC)c1)N(C)C(=O)OC(C)(C)C. The second kappa shape index (κ2) is 9.81. The first-order chi connectivity index (χ1) is 11.7. The van der Waals surface area contributed by atoms with E-state index < -0.39 is 5.60 Å². The average Bonchev–Trinajstić information content (AvgIpc) is 2.55. The normalized spacial score (nSPS) is 13.0. The molecule has 0 fully saturated rings. The van der Waals surface area contributed by atoms with Gasteiger partial charge < -0.3 is 9.64 Å². The van der Waals surface area contributed by atoms with Gasteiger partial charge >= 0.3 is 6.09 Å². The lowest BCUT2D eigenvalue weighted by Gasteiger charge is -2.31. The van der Waals surface area contributed by atoms with Gasteiger partial charge in [0.15, 0.2) is 0 Å². The summed E-state index contributed by atoms with van der Waals surface area (Å²) in [5.74, 6) is 0. The molecule has 1 amide bonds. The van der Waals surface area contributed by atoms with Crippen LogP contribution in [0.1, 0.15) is 71.6 Å². The van der Waals surface area contributed by atoms with E-state index in [1.165, 1.54) is 11.1 Å². The van der Waals surface area contributed by atoms with Crippen LogP contribution in [0.25, 0.3) is 0 Å². The minimum atomic E-state index is -0.479. The highest BCUT2D eigenvalue weighted by atomic mass is 16.6. The van der Waals surface area contributed by atoms with Gasteiger partial charge in [0, 0.05) is 13.6 Å². The van der Waals surface area contributed by atoms with E-state index in [-0.39, 0.29) is 12.1 Å². The first-order valence-electron chi connectivity index (χ1n) is 9.48. The molecule has 0 radical (unpaired) electrons. The summed E-state index contributed by atoms with van der Waals surface area (Å²) in [4.78, 5) is 16.6. The predicted molar refractivity (Wildman–Crippen MR) is 105 cm³/mol.